The molecule has 7 N–H and O–H groups in total. The molecule has 0 aromatic heterocycles. The van der Waals surface area contributed by atoms with E-state index in [0.29, 0.717) is 19.3 Å². The van der Waals surface area contributed by atoms with Crippen LogP contribution >= 0.6 is 0 Å². The Balaban J connectivity index is 7.00. The topological polar surface area (TPSA) is 302 Å². The summed E-state index contributed by atoms with van der Waals surface area (Å²) in [4.78, 5) is 161. The van der Waals surface area contributed by atoms with Gasteiger partial charge in [0.25, 0.3) is 0 Å². The fourth-order valence-corrected chi connectivity index (χ4v) is 10.2. The lowest BCUT2D eigenvalue weighted by molar-refractivity contribution is -0.157. The van der Waals surface area contributed by atoms with Crippen molar-refractivity contribution in [3.8, 4) is 0 Å². The molecule has 0 aliphatic rings. The van der Waals surface area contributed by atoms with Crippen molar-refractivity contribution in [2.45, 2.75) is 224 Å². The monoisotopic (exact) mass is 1200 g/mol. The zero-order valence-electron chi connectivity index (χ0n) is 56.2. The number of nitrogens with two attached hydrogens (primary N) is 1. The number of likely N-dealkylation sites (N-methyl/N-ethyl adjacent to an activating group) is 6. The molecule has 0 spiro atoms. The van der Waals surface area contributed by atoms with E-state index < -0.39 is 138 Å². The van der Waals surface area contributed by atoms with Crippen molar-refractivity contribution in [2.75, 3.05) is 48.8 Å². The Morgan fingerprint density at radius 1 is 0.459 bits per heavy atom. The minimum Gasteiger partial charge on any atom is -0.390 e. The molecule has 23 heteroatoms. The number of nitrogens with zero attached hydrogens (tertiary/aromatic N) is 6. The third-order valence-corrected chi connectivity index (χ3v) is 16.3. The van der Waals surface area contributed by atoms with E-state index in [4.69, 9.17) is 5.73 Å². The number of nitrogens with one attached hydrogen (secondary N) is 4. The highest BCUT2D eigenvalue weighted by Crippen LogP contribution is 2.25. The molecule has 0 saturated carbocycles. The largest absolute Gasteiger partial charge is 0.390 e. The van der Waals surface area contributed by atoms with E-state index in [2.05, 4.69) is 21.3 Å². The molecule has 0 aromatic rings. The molecule has 23 nitrogen and oxygen atoms in total. The van der Waals surface area contributed by atoms with Crippen LogP contribution in [0.3, 0.4) is 0 Å². The summed E-state index contributed by atoms with van der Waals surface area (Å²) in [5, 5.41) is 22.6. The highest BCUT2D eigenvalue weighted by atomic mass is 16.3. The first-order valence-electron chi connectivity index (χ1n) is 30.6. The molecule has 85 heavy (non-hydrogen) atoms. The summed E-state index contributed by atoms with van der Waals surface area (Å²) < 4.78 is 0. The maximum absolute atomic E-state index is 15.1. The van der Waals surface area contributed by atoms with Crippen molar-refractivity contribution in [3.05, 3.63) is 12.2 Å². The van der Waals surface area contributed by atoms with Gasteiger partial charge < -0.3 is 61.5 Å². The zero-order valence-corrected chi connectivity index (χ0v) is 56.2. The van der Waals surface area contributed by atoms with Crippen LogP contribution in [0.5, 0.6) is 0 Å². The van der Waals surface area contributed by atoms with Gasteiger partial charge in [-0.1, -0.05) is 122 Å². The van der Waals surface area contributed by atoms with Gasteiger partial charge in [-0.05, 0) is 94.3 Å². The third kappa shape index (κ3) is 23.2. The van der Waals surface area contributed by atoms with Gasteiger partial charge in [-0.15, -0.1) is 0 Å². The minimum absolute atomic E-state index is 0.0383. The van der Waals surface area contributed by atoms with Crippen LogP contribution < -0.4 is 27.0 Å². The number of hydrogen-bond donors (Lipinski definition) is 6. The Labute approximate surface area is 509 Å². The lowest BCUT2D eigenvalue weighted by Gasteiger charge is -2.41. The number of amides is 11. The van der Waals surface area contributed by atoms with Crippen LogP contribution in [-0.4, -0.2) is 209 Å². The summed E-state index contributed by atoms with van der Waals surface area (Å²) in [7, 11) is 8.66. The van der Waals surface area contributed by atoms with Gasteiger partial charge in [-0.3, -0.25) is 52.7 Å². The number of aliphatic hydroxyl groups excluding tert-OH is 1. The predicted molar refractivity (Wildman–Crippen MR) is 330 cm³/mol. The SMILES string of the molecule is C/C=C/C[C@@H](C)[C@H](O)C(C(=O)N[C@H](CC)C(=O)NCC(=O)N(C)[C@@H](C(N)=O)C(C)CC)N(C)C(=O)[C@H](C(C)C)N(C)C(=O)[C@@H](CC(C)C)N(C)C(=O)[C@@H](CC(C)C)N(C)C(=O)[C@H](C)NC(=O)[C@@H](C)NC(=O)[C@H](CC(C)C)N(C)C(=O)[C@H](C)C(C)C. The van der Waals surface area contributed by atoms with Crippen molar-refractivity contribution in [2.24, 2.45) is 53.1 Å². The lowest BCUT2D eigenvalue weighted by atomic mass is 9.91. The molecule has 13 atom stereocenters. The van der Waals surface area contributed by atoms with Crippen molar-refractivity contribution >= 4 is 65.0 Å². The summed E-state index contributed by atoms with van der Waals surface area (Å²) in [5.41, 5.74) is 5.61. The Morgan fingerprint density at radius 3 is 1.34 bits per heavy atom. The first-order chi connectivity index (χ1) is 39.2. The van der Waals surface area contributed by atoms with Gasteiger partial charge in [0, 0.05) is 48.2 Å². The molecular weight excluding hydrogens is 1090 g/mol. The number of rotatable bonds is 36. The molecule has 0 radical (unpaired) electrons. The van der Waals surface area contributed by atoms with Crippen LogP contribution in [0.15, 0.2) is 12.2 Å². The number of carbonyl (C=O) groups excluding carboxylic acids is 11. The maximum Gasteiger partial charge on any atom is 0.246 e. The number of hydrogen-bond acceptors (Lipinski definition) is 12. The summed E-state index contributed by atoms with van der Waals surface area (Å²) in [6.45, 7) is 31.6. The van der Waals surface area contributed by atoms with E-state index in [1.807, 2.05) is 69.2 Å². The van der Waals surface area contributed by atoms with E-state index in [-0.39, 0.29) is 60.7 Å². The Kier molecular flexibility index (Phi) is 34.1. The van der Waals surface area contributed by atoms with Crippen molar-refractivity contribution in [1.29, 1.82) is 0 Å². The number of allylic oxidation sites excluding steroid dienone is 2. The van der Waals surface area contributed by atoms with Crippen LogP contribution in [0.1, 0.15) is 163 Å². The molecule has 0 rings (SSSR count). The molecule has 0 aliphatic carbocycles. The Hall–Kier alpha value is -6.13. The fourth-order valence-electron chi connectivity index (χ4n) is 10.2. The lowest BCUT2D eigenvalue weighted by Crippen LogP contribution is -2.63. The van der Waals surface area contributed by atoms with E-state index >= 15 is 9.59 Å². The second kappa shape index (κ2) is 36.8. The summed E-state index contributed by atoms with van der Waals surface area (Å²) in [6.07, 6.45) is 3.65. The molecule has 2 unspecified atom stereocenters. The zero-order chi connectivity index (χ0) is 66.4. The highest BCUT2D eigenvalue weighted by Gasteiger charge is 2.45. The van der Waals surface area contributed by atoms with E-state index in [1.54, 1.807) is 60.7 Å². The first kappa shape index (κ1) is 78.9. The van der Waals surface area contributed by atoms with Gasteiger partial charge in [0.15, 0.2) is 0 Å². The van der Waals surface area contributed by atoms with E-state index in [1.165, 1.54) is 73.6 Å². The molecule has 0 bridgehead atoms. The molecule has 0 fully saturated rings. The van der Waals surface area contributed by atoms with Crippen molar-refractivity contribution in [3.63, 3.8) is 0 Å². The van der Waals surface area contributed by atoms with Gasteiger partial charge in [0.05, 0.1) is 12.6 Å². The summed E-state index contributed by atoms with van der Waals surface area (Å²) in [6, 6.07) is -10.5. The first-order valence-corrected chi connectivity index (χ1v) is 30.6. The Morgan fingerprint density at radius 2 is 0.906 bits per heavy atom. The molecule has 0 aromatic carbocycles. The minimum atomic E-state index is -1.60. The van der Waals surface area contributed by atoms with Gasteiger partial charge in [-0.2, -0.15) is 0 Å². The van der Waals surface area contributed by atoms with Crippen LogP contribution in [0.25, 0.3) is 0 Å². The van der Waals surface area contributed by atoms with E-state index in [0.717, 1.165) is 4.90 Å². The summed E-state index contributed by atoms with van der Waals surface area (Å²) >= 11 is 0. The molecule has 0 heterocycles. The molecular formula is C62H113N11O12. The predicted octanol–water partition coefficient (Wildman–Crippen LogP) is 3.55. The molecule has 488 valence electrons. The smallest absolute Gasteiger partial charge is 0.246 e. The highest BCUT2D eigenvalue weighted by molar-refractivity contribution is 5.98. The van der Waals surface area contributed by atoms with Gasteiger partial charge >= 0.3 is 0 Å². The van der Waals surface area contributed by atoms with E-state index in [9.17, 15) is 48.3 Å². The normalized spacial score (nSPS) is 16.4. The van der Waals surface area contributed by atoms with Crippen LogP contribution in [0, 0.1) is 47.3 Å². The van der Waals surface area contributed by atoms with Gasteiger partial charge in [0.1, 0.15) is 54.4 Å². The second-order valence-corrected chi connectivity index (χ2v) is 25.5. The second-order valence-electron chi connectivity index (χ2n) is 25.5. The average Bonchev–Trinajstić information content (AvgIpc) is 2.84. The van der Waals surface area contributed by atoms with Crippen LogP contribution in [0.2, 0.25) is 0 Å². The number of carbonyl (C=O) groups is 11. The average molecular weight is 1200 g/mol. The quantitative estimate of drug-likeness (QED) is 0.0491. The van der Waals surface area contributed by atoms with Crippen LogP contribution in [0.4, 0.5) is 0 Å². The van der Waals surface area contributed by atoms with Gasteiger partial charge in [0.2, 0.25) is 65.0 Å². The van der Waals surface area contributed by atoms with Crippen molar-refractivity contribution < 1.29 is 57.8 Å². The standard InChI is InChI=1S/C62H113N11O12/c1-25-28-29-40(15)52(75)51(57(80)67-44(27-3)55(78)64-33-48(74)71(22)50(53(63)76)39(14)26-2)73(24)62(85)49(38(12)13)72(23)61(84)47(32-36(8)9)70(21)60(83)46(31-35(6)7)69(20)59(82)43(18)66-54(77)42(17)65-56(79)45(30-34(4)5)68(19)58(81)41(16)37(10)11/h25,28,34-47,49-52,75H,26-27,29-33H2,1-24H3,(H2,63,76)(H,64,78)(H,65,79)(H,66,77)(H,67,80)/b28-25+/t39?,40-,41-,42-,43+,44-,45+,46-,47-,49+,50-,51?,52+/m1/s1. The third-order valence-electron chi connectivity index (χ3n) is 16.3. The number of aliphatic hydroxyl groups is 1. The molecule has 0 aliphatic heterocycles. The Bertz CT molecular complexity index is 2270. The maximum atomic E-state index is 15.1. The molecule has 11 amide bonds. The molecule has 0 saturated heterocycles. The van der Waals surface area contributed by atoms with Gasteiger partial charge in [-0.25, -0.2) is 0 Å². The fraction of sp³-hybridized carbons (Fsp3) is 0.790. The number of primary amides is 1. The van der Waals surface area contributed by atoms with Crippen LogP contribution in [-0.2, 0) is 52.7 Å². The summed E-state index contributed by atoms with van der Waals surface area (Å²) in [5.74, 6) is -8.85. The van der Waals surface area contributed by atoms with Crippen molar-refractivity contribution in [1.82, 2.24) is 50.7 Å².